The summed E-state index contributed by atoms with van der Waals surface area (Å²) in [6.07, 6.45) is 0. The van der Waals surface area contributed by atoms with Crippen molar-refractivity contribution < 1.29 is 9.53 Å². The lowest BCUT2D eigenvalue weighted by molar-refractivity contribution is 0.259. The Kier molecular flexibility index (Phi) is 8.70. The van der Waals surface area contributed by atoms with Crippen LogP contribution < -0.4 is 10.1 Å². The Labute approximate surface area is 184 Å². The molecule has 0 fully saturated rings. The van der Waals surface area contributed by atoms with Gasteiger partial charge in [-0.25, -0.2) is 4.79 Å². The lowest BCUT2D eigenvalue weighted by atomic mass is 10.3. The summed E-state index contributed by atoms with van der Waals surface area (Å²) in [7, 11) is 0. The Bertz CT molecular complexity index is 855. The molecule has 0 saturated carbocycles. The van der Waals surface area contributed by atoms with Gasteiger partial charge in [-0.1, -0.05) is 58.5 Å². The molecule has 0 aliphatic carbocycles. The van der Waals surface area contributed by atoms with Crippen molar-refractivity contribution in [3.05, 3.63) is 52.5 Å². The van der Waals surface area contributed by atoms with E-state index in [1.807, 2.05) is 13.8 Å². The van der Waals surface area contributed by atoms with Gasteiger partial charge in [-0.2, -0.15) is 4.99 Å². The molecule has 0 radical (unpaired) electrons. The van der Waals surface area contributed by atoms with Crippen molar-refractivity contribution in [2.75, 3.05) is 18.4 Å². The van der Waals surface area contributed by atoms with Crippen LogP contribution in [0.5, 0.6) is 11.5 Å². The molecule has 0 spiro atoms. The molecule has 28 heavy (non-hydrogen) atoms. The van der Waals surface area contributed by atoms with Gasteiger partial charge in [0.25, 0.3) is 0 Å². The van der Waals surface area contributed by atoms with E-state index >= 15 is 0 Å². The minimum atomic E-state index is -0.926. The molecule has 2 rings (SSSR count). The van der Waals surface area contributed by atoms with Gasteiger partial charge in [0, 0.05) is 18.1 Å². The molecule has 0 aromatic heterocycles. The molecule has 0 heterocycles. The van der Waals surface area contributed by atoms with E-state index in [0.29, 0.717) is 40.3 Å². The number of anilines is 1. The van der Waals surface area contributed by atoms with Crippen molar-refractivity contribution >= 4 is 64.0 Å². The maximum Gasteiger partial charge on any atom is 0.347 e. The number of hydrogen-bond donors (Lipinski definition) is 1. The number of amidine groups is 1. The zero-order valence-corrected chi connectivity index (χ0v) is 18.3. The van der Waals surface area contributed by atoms with Gasteiger partial charge in [-0.15, -0.1) is 0 Å². The number of carbonyl (C=O) groups excluding carboxylic acids is 1. The predicted octanol–water partition coefficient (Wildman–Crippen LogP) is 6.86. The highest BCUT2D eigenvalue weighted by Crippen LogP contribution is 2.35. The fraction of sp³-hybridized carbons (Fsp3) is 0.263. The summed E-state index contributed by atoms with van der Waals surface area (Å²) in [5, 5.41) is 3.53. The van der Waals surface area contributed by atoms with E-state index in [1.54, 1.807) is 47.4 Å². The highest BCUT2D eigenvalue weighted by molar-refractivity contribution is 6.54. The quantitative estimate of drug-likeness (QED) is 0.289. The summed E-state index contributed by atoms with van der Waals surface area (Å²) in [6.45, 7) is 5.08. The van der Waals surface area contributed by atoms with Crippen LogP contribution in [-0.4, -0.2) is 34.7 Å². The number of para-hydroxylation sites is 2. The van der Waals surface area contributed by atoms with Crippen LogP contribution in [0.3, 0.4) is 0 Å². The fourth-order valence-electron chi connectivity index (χ4n) is 2.39. The first kappa shape index (κ1) is 22.6. The highest BCUT2D eigenvalue weighted by Gasteiger charge is 2.18. The molecule has 1 N–H and O–H groups in total. The van der Waals surface area contributed by atoms with Crippen LogP contribution in [0.4, 0.5) is 10.5 Å². The fourth-order valence-corrected chi connectivity index (χ4v) is 3.21. The molecule has 0 aliphatic heterocycles. The Morgan fingerprint density at radius 1 is 1.11 bits per heavy atom. The van der Waals surface area contributed by atoms with Crippen LogP contribution >= 0.6 is 46.4 Å². The molecule has 0 aliphatic rings. The van der Waals surface area contributed by atoms with E-state index < -0.39 is 10.9 Å². The van der Waals surface area contributed by atoms with E-state index in [4.69, 9.17) is 51.1 Å². The van der Waals surface area contributed by atoms with Crippen LogP contribution in [0.15, 0.2) is 47.5 Å². The van der Waals surface area contributed by atoms with Crippen LogP contribution in [0, 0.1) is 0 Å². The van der Waals surface area contributed by atoms with E-state index in [9.17, 15) is 4.79 Å². The third-order valence-electron chi connectivity index (χ3n) is 3.74. The summed E-state index contributed by atoms with van der Waals surface area (Å²) in [4.78, 5) is 17.3. The number of hydrogen-bond acceptors (Lipinski definition) is 2. The van der Waals surface area contributed by atoms with Gasteiger partial charge < -0.3 is 15.0 Å². The average Bonchev–Trinajstić information content (AvgIpc) is 2.65. The number of nitrogens with zero attached hydrogens (tertiary/aromatic N) is 2. The number of benzene rings is 2. The Morgan fingerprint density at radius 2 is 1.79 bits per heavy atom. The summed E-state index contributed by atoms with van der Waals surface area (Å²) < 4.78 is 5.82. The topological polar surface area (TPSA) is 53.9 Å². The lowest BCUT2D eigenvalue weighted by Gasteiger charge is -2.23. The lowest BCUT2D eigenvalue weighted by Crippen LogP contribution is -2.36. The highest BCUT2D eigenvalue weighted by atomic mass is 35.5. The average molecular weight is 463 g/mol. The maximum absolute atomic E-state index is 12.4. The first-order valence-corrected chi connectivity index (χ1v) is 10.1. The van der Waals surface area contributed by atoms with Crippen molar-refractivity contribution in [2.24, 2.45) is 4.99 Å². The first-order valence-electron chi connectivity index (χ1n) is 8.50. The molecule has 0 atom stereocenters. The molecule has 5 nitrogen and oxygen atoms in total. The Morgan fingerprint density at radius 3 is 2.39 bits per heavy atom. The number of alkyl halides is 2. The molecule has 2 aromatic carbocycles. The SMILES string of the molecule is CCN(CC)C(=NC(=O)Nc1ccccc1Oc1ccc(Cl)cc1Cl)C(Cl)Cl. The Balaban J connectivity index is 2.24. The minimum absolute atomic E-state index is 0.282. The van der Waals surface area contributed by atoms with Crippen molar-refractivity contribution in [2.45, 2.75) is 18.7 Å². The van der Waals surface area contributed by atoms with Crippen molar-refractivity contribution in [3.8, 4) is 11.5 Å². The molecular weight excluding hydrogens is 444 g/mol. The normalized spacial score (nSPS) is 11.5. The molecule has 2 aromatic rings. The molecule has 2 amide bonds. The Hall–Kier alpha value is -1.66. The number of urea groups is 1. The summed E-state index contributed by atoms with van der Waals surface area (Å²) in [5.74, 6) is 1.08. The number of nitrogens with one attached hydrogen (secondary N) is 1. The minimum Gasteiger partial charge on any atom is -0.454 e. The summed E-state index contributed by atoms with van der Waals surface area (Å²) in [5.41, 5.74) is 0.418. The van der Waals surface area contributed by atoms with E-state index in [0.717, 1.165) is 0 Å². The van der Waals surface area contributed by atoms with E-state index in [2.05, 4.69) is 10.3 Å². The zero-order valence-electron chi connectivity index (χ0n) is 15.3. The number of rotatable bonds is 6. The van der Waals surface area contributed by atoms with Gasteiger partial charge in [-0.05, 0) is 44.2 Å². The van der Waals surface area contributed by atoms with Crippen molar-refractivity contribution in [1.82, 2.24) is 4.90 Å². The smallest absolute Gasteiger partial charge is 0.347 e. The molecule has 150 valence electrons. The predicted molar refractivity (Wildman–Crippen MR) is 118 cm³/mol. The van der Waals surface area contributed by atoms with Crippen molar-refractivity contribution in [1.29, 1.82) is 0 Å². The van der Waals surface area contributed by atoms with Gasteiger partial charge >= 0.3 is 6.03 Å². The van der Waals surface area contributed by atoms with Crippen LogP contribution in [0.1, 0.15) is 13.8 Å². The summed E-state index contributed by atoms with van der Waals surface area (Å²) in [6, 6.07) is 11.2. The van der Waals surface area contributed by atoms with Crippen LogP contribution in [0.2, 0.25) is 10.0 Å². The van der Waals surface area contributed by atoms with Gasteiger partial charge in [0.15, 0.2) is 10.6 Å². The van der Waals surface area contributed by atoms with Crippen molar-refractivity contribution in [3.63, 3.8) is 0 Å². The molecule has 9 heteroatoms. The second kappa shape index (κ2) is 10.8. The number of aliphatic imine (C=N–C) groups is 1. The van der Waals surface area contributed by atoms with Crippen LogP contribution in [0.25, 0.3) is 0 Å². The van der Waals surface area contributed by atoms with Gasteiger partial charge in [0.1, 0.15) is 11.6 Å². The van der Waals surface area contributed by atoms with Gasteiger partial charge in [-0.3, -0.25) is 0 Å². The standard InChI is InChI=1S/C19H19Cl4N3O2/c1-3-26(4-2)18(17(22)23)25-19(27)24-14-7-5-6-8-16(14)28-15-10-9-12(20)11-13(15)21/h5-11,17H,3-4H2,1-2H3,(H,24,27). The number of amides is 2. The third-order valence-corrected chi connectivity index (χ3v) is 4.66. The number of ether oxygens (including phenoxy) is 1. The molecule has 0 bridgehead atoms. The van der Waals surface area contributed by atoms with E-state index in [-0.39, 0.29) is 5.84 Å². The zero-order chi connectivity index (χ0) is 20.7. The van der Waals surface area contributed by atoms with Crippen LogP contribution in [-0.2, 0) is 0 Å². The second-order valence-corrected chi connectivity index (χ2v) is 7.49. The van der Waals surface area contributed by atoms with Gasteiger partial charge in [0.2, 0.25) is 0 Å². The third kappa shape index (κ3) is 6.17. The molecular formula is C19H19Cl4N3O2. The second-order valence-electron chi connectivity index (χ2n) is 5.55. The number of halogens is 4. The van der Waals surface area contributed by atoms with E-state index in [1.165, 1.54) is 0 Å². The number of carbonyl (C=O) groups is 1. The summed E-state index contributed by atoms with van der Waals surface area (Å²) >= 11 is 24.0. The molecule has 0 unspecified atom stereocenters. The maximum atomic E-state index is 12.4. The monoisotopic (exact) mass is 461 g/mol. The first-order chi connectivity index (χ1) is 13.3. The molecule has 0 saturated heterocycles. The van der Waals surface area contributed by atoms with Gasteiger partial charge in [0.05, 0.1) is 10.7 Å². The largest absolute Gasteiger partial charge is 0.454 e.